The molecule has 2 aromatic carbocycles. The molecule has 0 aliphatic carbocycles. The van der Waals surface area contributed by atoms with Gasteiger partial charge in [0.05, 0.1) is 6.54 Å². The van der Waals surface area contributed by atoms with E-state index in [0.717, 1.165) is 11.3 Å². The minimum Gasteiger partial charge on any atom is -0.376 e. The Balaban J connectivity index is 1.91. The van der Waals surface area contributed by atoms with Gasteiger partial charge in [0, 0.05) is 31.0 Å². The van der Waals surface area contributed by atoms with E-state index in [-0.39, 0.29) is 18.4 Å². The van der Waals surface area contributed by atoms with Crippen LogP contribution in [0.25, 0.3) is 0 Å². The number of anilines is 2. The lowest BCUT2D eigenvalue weighted by Gasteiger charge is -2.12. The zero-order valence-corrected chi connectivity index (χ0v) is 14.5. The summed E-state index contributed by atoms with van der Waals surface area (Å²) in [6.45, 7) is 4.23. The summed E-state index contributed by atoms with van der Waals surface area (Å²) < 4.78 is 0. The van der Waals surface area contributed by atoms with Gasteiger partial charge in [-0.05, 0) is 49.7 Å². The fraction of sp³-hybridized carbons (Fsp3) is 0.263. The van der Waals surface area contributed by atoms with Crippen LogP contribution in [-0.2, 0) is 4.79 Å². The summed E-state index contributed by atoms with van der Waals surface area (Å²) in [6, 6.07) is 12.9. The highest BCUT2D eigenvalue weighted by Crippen LogP contribution is 2.16. The Morgan fingerprint density at radius 2 is 1.67 bits per heavy atom. The Hall–Kier alpha value is -2.82. The third-order valence-electron chi connectivity index (χ3n) is 3.64. The second-order valence-corrected chi connectivity index (χ2v) is 6.00. The van der Waals surface area contributed by atoms with E-state index < -0.39 is 0 Å². The zero-order valence-electron chi connectivity index (χ0n) is 14.5. The molecule has 0 radical (unpaired) electrons. The van der Waals surface area contributed by atoms with Gasteiger partial charge in [-0.3, -0.25) is 9.59 Å². The van der Waals surface area contributed by atoms with Crippen molar-refractivity contribution in [2.75, 3.05) is 31.3 Å². The third kappa shape index (κ3) is 4.59. The smallest absolute Gasteiger partial charge is 0.253 e. The molecule has 0 unspecified atom stereocenters. The van der Waals surface area contributed by atoms with Crippen LogP contribution < -0.4 is 10.6 Å². The molecule has 0 aliphatic rings. The van der Waals surface area contributed by atoms with Gasteiger partial charge < -0.3 is 15.5 Å². The molecule has 0 atom stereocenters. The number of aryl methyl sites for hydroxylation is 2. The lowest BCUT2D eigenvalue weighted by atomic mass is 10.1. The molecule has 0 aromatic heterocycles. The number of nitrogens with zero attached hydrogens (tertiary/aromatic N) is 1. The summed E-state index contributed by atoms with van der Waals surface area (Å²) in [6.07, 6.45) is 0. The lowest BCUT2D eigenvalue weighted by Crippen LogP contribution is -2.23. The van der Waals surface area contributed by atoms with Crippen molar-refractivity contribution >= 4 is 23.2 Å². The quantitative estimate of drug-likeness (QED) is 0.888. The van der Waals surface area contributed by atoms with E-state index in [1.54, 1.807) is 38.4 Å². The second-order valence-electron chi connectivity index (χ2n) is 6.00. The van der Waals surface area contributed by atoms with Crippen LogP contribution in [0.1, 0.15) is 21.5 Å². The van der Waals surface area contributed by atoms with Crippen LogP contribution >= 0.6 is 0 Å². The molecule has 24 heavy (non-hydrogen) atoms. The van der Waals surface area contributed by atoms with Crippen molar-refractivity contribution in [1.29, 1.82) is 0 Å². The number of carbonyl (C=O) groups excluding carboxylic acids is 2. The maximum atomic E-state index is 12.0. The highest BCUT2D eigenvalue weighted by Gasteiger charge is 2.08. The zero-order chi connectivity index (χ0) is 17.7. The summed E-state index contributed by atoms with van der Waals surface area (Å²) in [7, 11) is 3.41. The summed E-state index contributed by atoms with van der Waals surface area (Å²) in [4.78, 5) is 25.4. The van der Waals surface area contributed by atoms with E-state index in [9.17, 15) is 9.59 Å². The van der Waals surface area contributed by atoms with E-state index in [4.69, 9.17) is 0 Å². The van der Waals surface area contributed by atoms with Gasteiger partial charge in [-0.1, -0.05) is 17.7 Å². The molecule has 0 aliphatic heterocycles. The first-order valence-electron chi connectivity index (χ1n) is 7.79. The lowest BCUT2D eigenvalue weighted by molar-refractivity contribution is -0.114. The van der Waals surface area contributed by atoms with Gasteiger partial charge in [-0.15, -0.1) is 0 Å². The van der Waals surface area contributed by atoms with Crippen molar-refractivity contribution in [3.05, 3.63) is 59.2 Å². The van der Waals surface area contributed by atoms with Crippen molar-refractivity contribution in [2.24, 2.45) is 0 Å². The second kappa shape index (κ2) is 7.64. The molecule has 126 valence electrons. The Morgan fingerprint density at radius 1 is 1.00 bits per heavy atom. The van der Waals surface area contributed by atoms with Crippen molar-refractivity contribution in [1.82, 2.24) is 4.90 Å². The molecule has 2 amide bonds. The van der Waals surface area contributed by atoms with E-state index >= 15 is 0 Å². The Kier molecular flexibility index (Phi) is 5.58. The van der Waals surface area contributed by atoms with Gasteiger partial charge in [-0.25, -0.2) is 0 Å². The van der Waals surface area contributed by atoms with Crippen LogP contribution in [0, 0.1) is 13.8 Å². The molecule has 0 saturated carbocycles. The van der Waals surface area contributed by atoms with E-state index in [0.29, 0.717) is 11.3 Å². The van der Waals surface area contributed by atoms with Gasteiger partial charge in [0.1, 0.15) is 0 Å². The predicted molar refractivity (Wildman–Crippen MR) is 97.5 cm³/mol. The van der Waals surface area contributed by atoms with E-state index in [1.807, 2.05) is 26.0 Å². The highest BCUT2D eigenvalue weighted by molar-refractivity contribution is 5.96. The van der Waals surface area contributed by atoms with Gasteiger partial charge in [-0.2, -0.15) is 0 Å². The topological polar surface area (TPSA) is 61.4 Å². The van der Waals surface area contributed by atoms with E-state index in [1.165, 1.54) is 10.5 Å². The molecule has 2 aromatic rings. The van der Waals surface area contributed by atoms with Crippen molar-refractivity contribution in [3.63, 3.8) is 0 Å². The number of amides is 2. The number of hydrogen-bond donors (Lipinski definition) is 2. The first-order chi connectivity index (χ1) is 11.4. The first-order valence-corrected chi connectivity index (χ1v) is 7.79. The Morgan fingerprint density at radius 3 is 2.25 bits per heavy atom. The molecule has 2 rings (SSSR count). The molecule has 0 heterocycles. The first kappa shape index (κ1) is 17.5. The number of hydrogen-bond acceptors (Lipinski definition) is 3. The number of nitrogens with one attached hydrogen (secondary N) is 2. The number of rotatable bonds is 5. The van der Waals surface area contributed by atoms with Crippen molar-refractivity contribution in [2.45, 2.75) is 13.8 Å². The minimum atomic E-state index is -0.137. The van der Waals surface area contributed by atoms with E-state index in [2.05, 4.69) is 16.7 Å². The maximum absolute atomic E-state index is 12.0. The van der Waals surface area contributed by atoms with Crippen LogP contribution in [-0.4, -0.2) is 37.4 Å². The molecule has 0 fully saturated rings. The van der Waals surface area contributed by atoms with Crippen LogP contribution in [0.2, 0.25) is 0 Å². The van der Waals surface area contributed by atoms with Gasteiger partial charge in [0.25, 0.3) is 5.91 Å². The summed E-state index contributed by atoms with van der Waals surface area (Å²) in [5.74, 6) is -0.203. The minimum absolute atomic E-state index is 0.0654. The number of benzene rings is 2. The predicted octanol–water partition coefficient (Wildman–Crippen LogP) is 3.06. The fourth-order valence-electron chi connectivity index (χ4n) is 2.35. The largest absolute Gasteiger partial charge is 0.376 e. The maximum Gasteiger partial charge on any atom is 0.253 e. The van der Waals surface area contributed by atoms with Crippen molar-refractivity contribution in [3.8, 4) is 0 Å². The molecular formula is C19H23N3O2. The van der Waals surface area contributed by atoms with Crippen molar-refractivity contribution < 1.29 is 9.59 Å². The molecule has 5 heteroatoms. The fourth-order valence-corrected chi connectivity index (χ4v) is 2.35. The molecule has 2 N–H and O–H groups in total. The average molecular weight is 325 g/mol. The van der Waals surface area contributed by atoms with Crippen LogP contribution in [0.15, 0.2) is 42.5 Å². The van der Waals surface area contributed by atoms with Crippen LogP contribution in [0.5, 0.6) is 0 Å². The van der Waals surface area contributed by atoms with Crippen LogP contribution in [0.3, 0.4) is 0 Å². The SMILES string of the molecule is Cc1ccc(NCC(=O)Nc2ccc(C(=O)N(C)C)cc2)c(C)c1. The molecule has 0 bridgehead atoms. The molecule has 0 spiro atoms. The number of carbonyl (C=O) groups is 2. The highest BCUT2D eigenvalue weighted by atomic mass is 16.2. The molecule has 5 nitrogen and oxygen atoms in total. The monoisotopic (exact) mass is 325 g/mol. The summed E-state index contributed by atoms with van der Waals surface area (Å²) in [5.41, 5.74) is 4.50. The summed E-state index contributed by atoms with van der Waals surface area (Å²) >= 11 is 0. The standard InChI is InChI=1S/C19H23N3O2/c1-13-5-10-17(14(2)11-13)20-12-18(23)21-16-8-6-15(7-9-16)19(24)22(3)4/h5-11,20H,12H2,1-4H3,(H,21,23). The van der Waals surface area contributed by atoms with Gasteiger partial charge in [0.2, 0.25) is 5.91 Å². The third-order valence-corrected chi connectivity index (χ3v) is 3.64. The normalized spacial score (nSPS) is 10.2. The Labute approximate surface area is 142 Å². The van der Waals surface area contributed by atoms with Gasteiger partial charge >= 0.3 is 0 Å². The average Bonchev–Trinajstić information content (AvgIpc) is 2.54. The van der Waals surface area contributed by atoms with Gasteiger partial charge in [0.15, 0.2) is 0 Å². The molecule has 0 saturated heterocycles. The van der Waals surface area contributed by atoms with Crippen LogP contribution in [0.4, 0.5) is 11.4 Å². The Bertz CT molecular complexity index is 737. The summed E-state index contributed by atoms with van der Waals surface area (Å²) in [5, 5.41) is 5.94. The molecular weight excluding hydrogens is 302 g/mol.